The molecule has 1 atom stereocenters. The van der Waals surface area contributed by atoms with Crippen LogP contribution in [0.5, 0.6) is 0 Å². The summed E-state index contributed by atoms with van der Waals surface area (Å²) < 4.78 is 0. The summed E-state index contributed by atoms with van der Waals surface area (Å²) in [5, 5.41) is 0. The van der Waals surface area contributed by atoms with Gasteiger partial charge in [0.1, 0.15) is 0 Å². The van der Waals surface area contributed by atoms with Crippen molar-refractivity contribution in [2.24, 2.45) is 17.3 Å². The van der Waals surface area contributed by atoms with Gasteiger partial charge in [-0.15, -0.1) is 0 Å². The van der Waals surface area contributed by atoms with Crippen molar-refractivity contribution in [1.82, 2.24) is 0 Å². The van der Waals surface area contributed by atoms with Gasteiger partial charge < -0.3 is 0 Å². The number of carbonyl (C=O) groups excluding carboxylic acids is 1. The lowest BCUT2D eigenvalue weighted by molar-refractivity contribution is -0.113. The van der Waals surface area contributed by atoms with Crippen molar-refractivity contribution < 1.29 is 4.79 Å². The highest BCUT2D eigenvalue weighted by molar-refractivity contribution is 5.96. The van der Waals surface area contributed by atoms with Crippen LogP contribution in [-0.4, -0.2) is 5.78 Å². The number of allylic oxidation sites excluding steroid dienone is 5. The van der Waals surface area contributed by atoms with E-state index in [1.54, 1.807) is 6.92 Å². The molecule has 0 aliphatic carbocycles. The molecule has 0 bridgehead atoms. The number of ketones is 1. The molecule has 1 unspecified atom stereocenters. The van der Waals surface area contributed by atoms with Gasteiger partial charge in [0.05, 0.1) is 0 Å². The minimum Gasteiger partial charge on any atom is -0.295 e. The van der Waals surface area contributed by atoms with E-state index in [0.29, 0.717) is 11.8 Å². The predicted molar refractivity (Wildman–Crippen MR) is 85.1 cm³/mol. The monoisotopic (exact) mass is 262 g/mol. The van der Waals surface area contributed by atoms with Crippen molar-refractivity contribution >= 4 is 5.78 Å². The second-order valence-corrected chi connectivity index (χ2v) is 6.70. The number of rotatable bonds is 6. The second kappa shape index (κ2) is 7.47. The minimum atomic E-state index is 0.110. The standard InChI is InChI=1S/C18H30O/c1-9-15(14(5)19)12-16(10-2)17(11-13(3)4)18(6,7)8/h9-10,12-13,17H,2,11H2,1,3-8H3/b15-9+,16-12+. The number of carbonyl (C=O) groups is 1. The molecule has 0 heterocycles. The maximum absolute atomic E-state index is 11.6. The Hall–Kier alpha value is -1.11. The van der Waals surface area contributed by atoms with Gasteiger partial charge in [0.2, 0.25) is 0 Å². The van der Waals surface area contributed by atoms with Gasteiger partial charge in [0.25, 0.3) is 0 Å². The van der Waals surface area contributed by atoms with Crippen molar-refractivity contribution in [3.8, 4) is 0 Å². The first kappa shape index (κ1) is 17.9. The average Bonchev–Trinajstić information content (AvgIpc) is 2.26. The Balaban J connectivity index is 5.54. The Bertz CT molecular complexity index is 375. The van der Waals surface area contributed by atoms with Crippen molar-refractivity contribution in [3.05, 3.63) is 36.0 Å². The second-order valence-electron chi connectivity index (χ2n) is 6.70. The Morgan fingerprint density at radius 3 is 2.05 bits per heavy atom. The molecule has 0 aliphatic rings. The molecule has 0 aromatic carbocycles. The van der Waals surface area contributed by atoms with Crippen LogP contribution in [0.25, 0.3) is 0 Å². The summed E-state index contributed by atoms with van der Waals surface area (Å²) in [5.41, 5.74) is 2.11. The summed E-state index contributed by atoms with van der Waals surface area (Å²) in [6, 6.07) is 0. The zero-order valence-electron chi connectivity index (χ0n) is 13.7. The summed E-state index contributed by atoms with van der Waals surface area (Å²) >= 11 is 0. The van der Waals surface area contributed by atoms with Gasteiger partial charge in [0, 0.05) is 5.57 Å². The number of hydrogen-bond donors (Lipinski definition) is 0. The zero-order chi connectivity index (χ0) is 15.2. The highest BCUT2D eigenvalue weighted by Gasteiger charge is 2.27. The molecule has 0 aliphatic heterocycles. The molecule has 1 heteroatoms. The van der Waals surface area contributed by atoms with E-state index in [0.717, 1.165) is 12.0 Å². The van der Waals surface area contributed by atoms with E-state index in [4.69, 9.17) is 0 Å². The van der Waals surface area contributed by atoms with Gasteiger partial charge in [0.15, 0.2) is 5.78 Å². The smallest absolute Gasteiger partial charge is 0.159 e. The first-order valence-electron chi connectivity index (χ1n) is 7.14. The van der Waals surface area contributed by atoms with E-state index >= 15 is 0 Å². The fraction of sp³-hybridized carbons (Fsp3) is 0.611. The molecular weight excluding hydrogens is 232 g/mol. The molecular formula is C18H30O. The molecule has 0 rings (SSSR count). The fourth-order valence-electron chi connectivity index (χ4n) is 2.33. The topological polar surface area (TPSA) is 17.1 Å². The van der Waals surface area contributed by atoms with E-state index < -0.39 is 0 Å². The third-order valence-corrected chi connectivity index (χ3v) is 3.43. The first-order valence-corrected chi connectivity index (χ1v) is 7.14. The molecule has 0 saturated heterocycles. The molecule has 0 radical (unpaired) electrons. The van der Waals surface area contributed by atoms with Crippen LogP contribution >= 0.6 is 0 Å². The van der Waals surface area contributed by atoms with Crippen LogP contribution in [0.2, 0.25) is 0 Å². The van der Waals surface area contributed by atoms with Crippen molar-refractivity contribution in [3.63, 3.8) is 0 Å². The molecule has 19 heavy (non-hydrogen) atoms. The van der Waals surface area contributed by atoms with E-state index in [1.807, 2.05) is 25.2 Å². The lowest BCUT2D eigenvalue weighted by atomic mass is 9.71. The molecule has 0 saturated carbocycles. The lowest BCUT2D eigenvalue weighted by Crippen LogP contribution is -2.24. The Morgan fingerprint density at radius 1 is 1.26 bits per heavy atom. The number of hydrogen-bond acceptors (Lipinski definition) is 1. The van der Waals surface area contributed by atoms with Crippen LogP contribution in [0.1, 0.15) is 54.9 Å². The lowest BCUT2D eigenvalue weighted by Gasteiger charge is -2.33. The van der Waals surface area contributed by atoms with Gasteiger partial charge >= 0.3 is 0 Å². The zero-order valence-corrected chi connectivity index (χ0v) is 13.7. The van der Waals surface area contributed by atoms with Crippen LogP contribution in [0.3, 0.4) is 0 Å². The summed E-state index contributed by atoms with van der Waals surface area (Å²) in [7, 11) is 0. The Labute approximate surface area is 119 Å². The van der Waals surface area contributed by atoms with E-state index in [2.05, 4.69) is 41.2 Å². The maximum Gasteiger partial charge on any atom is 0.159 e. The van der Waals surface area contributed by atoms with Crippen LogP contribution in [-0.2, 0) is 4.79 Å². The van der Waals surface area contributed by atoms with Crippen LogP contribution in [0.4, 0.5) is 0 Å². The SMILES string of the molecule is C=C/C(=C\C(=C/C)C(C)=O)C(CC(C)C)C(C)(C)C. The fourth-order valence-corrected chi connectivity index (χ4v) is 2.33. The molecule has 0 N–H and O–H groups in total. The predicted octanol–water partition coefficient (Wildman–Crippen LogP) is 5.34. The molecule has 108 valence electrons. The van der Waals surface area contributed by atoms with Crippen LogP contribution < -0.4 is 0 Å². The van der Waals surface area contributed by atoms with Gasteiger partial charge in [-0.3, -0.25) is 4.79 Å². The molecule has 0 aromatic rings. The van der Waals surface area contributed by atoms with Crippen LogP contribution in [0, 0.1) is 17.3 Å². The van der Waals surface area contributed by atoms with Gasteiger partial charge in [-0.05, 0) is 49.2 Å². The van der Waals surface area contributed by atoms with E-state index in [9.17, 15) is 4.79 Å². The van der Waals surface area contributed by atoms with Crippen molar-refractivity contribution in [1.29, 1.82) is 0 Å². The van der Waals surface area contributed by atoms with Crippen molar-refractivity contribution in [2.45, 2.75) is 54.9 Å². The maximum atomic E-state index is 11.6. The molecule has 0 fully saturated rings. The summed E-state index contributed by atoms with van der Waals surface area (Å²) in [6.07, 6.45) is 6.90. The molecule has 0 spiro atoms. The third-order valence-electron chi connectivity index (χ3n) is 3.43. The Morgan fingerprint density at radius 2 is 1.79 bits per heavy atom. The van der Waals surface area contributed by atoms with E-state index in [-0.39, 0.29) is 11.2 Å². The average molecular weight is 262 g/mol. The van der Waals surface area contributed by atoms with Gasteiger partial charge in [-0.2, -0.15) is 0 Å². The van der Waals surface area contributed by atoms with Gasteiger partial charge in [-0.25, -0.2) is 0 Å². The quantitative estimate of drug-likeness (QED) is 0.466. The molecule has 1 nitrogen and oxygen atoms in total. The van der Waals surface area contributed by atoms with Crippen LogP contribution in [0.15, 0.2) is 36.0 Å². The Kier molecular flexibility index (Phi) is 7.04. The summed E-state index contributed by atoms with van der Waals surface area (Å²) in [4.78, 5) is 11.6. The molecule has 0 aromatic heterocycles. The van der Waals surface area contributed by atoms with Crippen molar-refractivity contribution in [2.75, 3.05) is 0 Å². The first-order chi connectivity index (χ1) is 8.63. The molecule has 0 amide bonds. The highest BCUT2D eigenvalue weighted by atomic mass is 16.1. The van der Waals surface area contributed by atoms with E-state index in [1.165, 1.54) is 5.57 Å². The third kappa shape index (κ3) is 6.04. The largest absolute Gasteiger partial charge is 0.295 e. The highest BCUT2D eigenvalue weighted by Crippen LogP contribution is 2.37. The normalized spacial score (nSPS) is 15.6. The van der Waals surface area contributed by atoms with Gasteiger partial charge in [-0.1, -0.05) is 53.3 Å². The summed E-state index contributed by atoms with van der Waals surface area (Å²) in [5.74, 6) is 1.15. The number of Topliss-reactive ketones (excluding diaryl/α,β-unsaturated/α-hetero) is 1. The minimum absolute atomic E-state index is 0.110. The summed E-state index contributed by atoms with van der Waals surface area (Å²) in [6.45, 7) is 18.7.